The lowest BCUT2D eigenvalue weighted by Crippen LogP contribution is -1.90. The summed E-state index contributed by atoms with van der Waals surface area (Å²) in [5.41, 5.74) is 4.74. The molecule has 0 amide bonds. The van der Waals surface area contributed by atoms with Crippen LogP contribution < -0.4 is 5.43 Å². The van der Waals surface area contributed by atoms with Crippen LogP contribution in [0.15, 0.2) is 58.1 Å². The molecule has 1 N–H and O–H groups in total. The number of nitrogens with zero attached hydrogens (tertiary/aromatic N) is 1. The van der Waals surface area contributed by atoms with Gasteiger partial charge in [-0.3, -0.25) is 5.43 Å². The summed E-state index contributed by atoms with van der Waals surface area (Å²) < 4.78 is 0.975. The highest BCUT2D eigenvalue weighted by Crippen LogP contribution is 2.19. The average molecular weight is 310 g/mol. The monoisotopic (exact) mass is 308 g/mol. The molecular formula is C13H10BrClN2. The lowest BCUT2D eigenvalue weighted by molar-refractivity contribution is 1.35. The molecule has 0 saturated carbocycles. The summed E-state index contributed by atoms with van der Waals surface area (Å²) in [6.07, 6.45) is 1.69. The van der Waals surface area contributed by atoms with E-state index in [1.807, 2.05) is 48.5 Å². The number of hydrogen-bond acceptors (Lipinski definition) is 2. The molecule has 0 saturated heterocycles. The van der Waals surface area contributed by atoms with Crippen LogP contribution in [0.3, 0.4) is 0 Å². The number of benzene rings is 2. The van der Waals surface area contributed by atoms with E-state index in [1.54, 1.807) is 6.21 Å². The van der Waals surface area contributed by atoms with Crippen molar-refractivity contribution in [2.75, 3.05) is 5.43 Å². The molecule has 17 heavy (non-hydrogen) atoms. The zero-order valence-corrected chi connectivity index (χ0v) is 11.2. The molecule has 0 fully saturated rings. The summed E-state index contributed by atoms with van der Waals surface area (Å²) in [6.45, 7) is 0. The third-order valence-electron chi connectivity index (χ3n) is 2.13. The first-order valence-electron chi connectivity index (χ1n) is 5.05. The van der Waals surface area contributed by atoms with E-state index in [9.17, 15) is 0 Å². The van der Waals surface area contributed by atoms with Crippen molar-refractivity contribution in [3.8, 4) is 0 Å². The molecule has 0 aliphatic rings. The number of rotatable bonds is 3. The maximum atomic E-state index is 6.04. The van der Waals surface area contributed by atoms with Crippen molar-refractivity contribution in [1.29, 1.82) is 0 Å². The zero-order chi connectivity index (χ0) is 12.1. The highest BCUT2D eigenvalue weighted by molar-refractivity contribution is 9.10. The summed E-state index contributed by atoms with van der Waals surface area (Å²) >= 11 is 9.43. The predicted molar refractivity (Wildman–Crippen MR) is 76.8 cm³/mol. The van der Waals surface area contributed by atoms with Crippen molar-refractivity contribution in [3.63, 3.8) is 0 Å². The van der Waals surface area contributed by atoms with E-state index >= 15 is 0 Å². The molecule has 0 unspecified atom stereocenters. The van der Waals surface area contributed by atoms with Crippen LogP contribution in [0.4, 0.5) is 5.69 Å². The van der Waals surface area contributed by atoms with Gasteiger partial charge in [-0.2, -0.15) is 5.10 Å². The summed E-state index contributed by atoms with van der Waals surface area (Å²) in [5.74, 6) is 0. The molecule has 0 radical (unpaired) electrons. The SMILES string of the molecule is Clc1ccc(Br)cc1C=NNc1ccccc1. The van der Waals surface area contributed by atoms with Crippen LogP contribution in [0, 0.1) is 0 Å². The van der Waals surface area contributed by atoms with E-state index in [0.29, 0.717) is 5.02 Å². The van der Waals surface area contributed by atoms with Crippen molar-refractivity contribution in [3.05, 3.63) is 63.6 Å². The van der Waals surface area contributed by atoms with E-state index in [-0.39, 0.29) is 0 Å². The topological polar surface area (TPSA) is 24.4 Å². The van der Waals surface area contributed by atoms with E-state index < -0.39 is 0 Å². The van der Waals surface area contributed by atoms with Gasteiger partial charge in [-0.05, 0) is 30.3 Å². The normalized spacial score (nSPS) is 10.7. The second kappa shape index (κ2) is 5.84. The minimum atomic E-state index is 0.673. The molecule has 0 aliphatic carbocycles. The Kier molecular flexibility index (Phi) is 4.18. The standard InChI is InChI=1S/C13H10BrClN2/c14-11-6-7-13(15)10(8-11)9-16-17-12-4-2-1-3-5-12/h1-9,17H. The van der Waals surface area contributed by atoms with Gasteiger partial charge in [-0.25, -0.2) is 0 Å². The molecule has 86 valence electrons. The fraction of sp³-hybridized carbons (Fsp3) is 0. The van der Waals surface area contributed by atoms with Gasteiger partial charge >= 0.3 is 0 Å². The molecule has 0 aliphatic heterocycles. The minimum Gasteiger partial charge on any atom is -0.279 e. The lowest BCUT2D eigenvalue weighted by atomic mass is 10.2. The van der Waals surface area contributed by atoms with Gasteiger partial charge in [0.2, 0.25) is 0 Å². The molecule has 2 nitrogen and oxygen atoms in total. The number of hydrogen-bond donors (Lipinski definition) is 1. The fourth-order valence-corrected chi connectivity index (χ4v) is 1.85. The average Bonchev–Trinajstić information content (AvgIpc) is 2.35. The van der Waals surface area contributed by atoms with Crippen LogP contribution in [-0.2, 0) is 0 Å². The Bertz CT molecular complexity index is 526. The van der Waals surface area contributed by atoms with Crippen LogP contribution in [0.2, 0.25) is 5.02 Å². The predicted octanol–water partition coefficient (Wildman–Crippen LogP) is 4.55. The minimum absolute atomic E-state index is 0.673. The Morgan fingerprint density at radius 3 is 2.65 bits per heavy atom. The smallest absolute Gasteiger partial charge is 0.0561 e. The quantitative estimate of drug-likeness (QED) is 0.653. The van der Waals surface area contributed by atoms with Gasteiger partial charge in [0.15, 0.2) is 0 Å². The largest absolute Gasteiger partial charge is 0.279 e. The summed E-state index contributed by atoms with van der Waals surface area (Å²) in [7, 11) is 0. The second-order valence-corrected chi connectivity index (χ2v) is 4.72. The first-order chi connectivity index (χ1) is 8.25. The van der Waals surface area contributed by atoms with Crippen molar-refractivity contribution in [1.82, 2.24) is 0 Å². The van der Waals surface area contributed by atoms with Crippen LogP contribution in [0.25, 0.3) is 0 Å². The van der Waals surface area contributed by atoms with Crippen molar-refractivity contribution in [2.45, 2.75) is 0 Å². The maximum Gasteiger partial charge on any atom is 0.0561 e. The van der Waals surface area contributed by atoms with Gasteiger partial charge in [-0.15, -0.1) is 0 Å². The Morgan fingerprint density at radius 1 is 1.12 bits per heavy atom. The van der Waals surface area contributed by atoms with Gasteiger partial charge in [0, 0.05) is 15.1 Å². The molecular weight excluding hydrogens is 300 g/mol. The third-order valence-corrected chi connectivity index (χ3v) is 2.97. The van der Waals surface area contributed by atoms with Gasteiger partial charge in [0.25, 0.3) is 0 Å². The van der Waals surface area contributed by atoms with Crippen LogP contribution in [0.5, 0.6) is 0 Å². The molecule has 0 atom stereocenters. The van der Waals surface area contributed by atoms with Gasteiger partial charge in [-0.1, -0.05) is 45.7 Å². The highest BCUT2D eigenvalue weighted by atomic mass is 79.9. The lowest BCUT2D eigenvalue weighted by Gasteiger charge is -2.00. The van der Waals surface area contributed by atoms with Crippen molar-refractivity contribution < 1.29 is 0 Å². The molecule has 0 spiro atoms. The van der Waals surface area contributed by atoms with E-state index in [0.717, 1.165) is 15.7 Å². The fourth-order valence-electron chi connectivity index (χ4n) is 1.30. The highest BCUT2D eigenvalue weighted by Gasteiger charge is 1.97. The van der Waals surface area contributed by atoms with Crippen molar-refractivity contribution in [2.24, 2.45) is 5.10 Å². The molecule has 0 bridgehead atoms. The van der Waals surface area contributed by atoms with Crippen LogP contribution in [-0.4, -0.2) is 6.21 Å². The van der Waals surface area contributed by atoms with Gasteiger partial charge in [0.1, 0.15) is 0 Å². The maximum absolute atomic E-state index is 6.04. The summed E-state index contributed by atoms with van der Waals surface area (Å²) in [5, 5.41) is 4.81. The molecule has 2 rings (SSSR count). The summed E-state index contributed by atoms with van der Waals surface area (Å²) in [6, 6.07) is 15.4. The zero-order valence-electron chi connectivity index (χ0n) is 8.90. The van der Waals surface area contributed by atoms with E-state index in [4.69, 9.17) is 11.6 Å². The number of anilines is 1. The third kappa shape index (κ3) is 3.58. The van der Waals surface area contributed by atoms with E-state index in [1.165, 1.54) is 0 Å². The number of halogens is 2. The first-order valence-corrected chi connectivity index (χ1v) is 6.22. The number of hydrazone groups is 1. The Balaban J connectivity index is 2.08. The Hall–Kier alpha value is -1.32. The van der Waals surface area contributed by atoms with Gasteiger partial charge < -0.3 is 0 Å². The molecule has 0 heterocycles. The molecule has 0 aromatic heterocycles. The van der Waals surface area contributed by atoms with Gasteiger partial charge in [0.05, 0.1) is 11.9 Å². The molecule has 2 aromatic carbocycles. The number of nitrogens with one attached hydrogen (secondary N) is 1. The van der Waals surface area contributed by atoms with Crippen molar-refractivity contribution >= 4 is 39.4 Å². The van der Waals surface area contributed by atoms with E-state index in [2.05, 4.69) is 26.5 Å². The Morgan fingerprint density at radius 2 is 1.88 bits per heavy atom. The molecule has 4 heteroatoms. The first kappa shape index (κ1) is 12.1. The summed E-state index contributed by atoms with van der Waals surface area (Å²) in [4.78, 5) is 0. The Labute approximate surface area is 113 Å². The number of para-hydroxylation sites is 1. The van der Waals surface area contributed by atoms with Crippen LogP contribution in [0.1, 0.15) is 5.56 Å². The van der Waals surface area contributed by atoms with Crippen LogP contribution >= 0.6 is 27.5 Å². The molecule has 2 aromatic rings. The second-order valence-electron chi connectivity index (χ2n) is 3.40.